The van der Waals surface area contributed by atoms with E-state index in [9.17, 15) is 4.79 Å². The largest absolute Gasteiger partial charge is 0.376 e. The van der Waals surface area contributed by atoms with E-state index in [-0.39, 0.29) is 11.9 Å². The molecule has 0 aliphatic carbocycles. The van der Waals surface area contributed by atoms with Gasteiger partial charge in [0.05, 0.1) is 6.54 Å². The van der Waals surface area contributed by atoms with Crippen LogP contribution in [0.5, 0.6) is 0 Å². The number of nitrogens with one attached hydrogen (secondary N) is 2. The predicted molar refractivity (Wildman–Crippen MR) is 86.1 cm³/mol. The minimum atomic E-state index is 0.0592. The molecule has 0 heterocycles. The SMILES string of the molecule is Cc1cccc(C)c1NCC(=O)NC(C)CCC(C)C. The van der Waals surface area contributed by atoms with Crippen molar-refractivity contribution in [1.29, 1.82) is 0 Å². The van der Waals surface area contributed by atoms with Crippen LogP contribution in [0.25, 0.3) is 0 Å². The molecule has 0 fully saturated rings. The molecule has 0 saturated heterocycles. The van der Waals surface area contributed by atoms with Crippen LogP contribution in [0.4, 0.5) is 5.69 Å². The third kappa shape index (κ3) is 5.64. The molecule has 1 aromatic carbocycles. The first-order chi connectivity index (χ1) is 9.40. The number of aryl methyl sites for hydroxylation is 2. The summed E-state index contributed by atoms with van der Waals surface area (Å²) in [6, 6.07) is 6.38. The topological polar surface area (TPSA) is 41.1 Å². The summed E-state index contributed by atoms with van der Waals surface area (Å²) < 4.78 is 0. The number of anilines is 1. The molecule has 1 amide bonds. The number of hydrogen-bond acceptors (Lipinski definition) is 2. The van der Waals surface area contributed by atoms with Gasteiger partial charge in [-0.1, -0.05) is 32.0 Å². The van der Waals surface area contributed by atoms with Crippen LogP contribution < -0.4 is 10.6 Å². The molecule has 20 heavy (non-hydrogen) atoms. The normalized spacial score (nSPS) is 12.3. The average Bonchev–Trinajstić information content (AvgIpc) is 2.35. The molecule has 1 aromatic rings. The van der Waals surface area contributed by atoms with Gasteiger partial charge in [-0.25, -0.2) is 0 Å². The molecule has 0 radical (unpaired) electrons. The lowest BCUT2D eigenvalue weighted by Gasteiger charge is -2.17. The molecule has 1 rings (SSSR count). The fourth-order valence-electron chi connectivity index (χ4n) is 2.24. The standard InChI is InChI=1S/C17H28N2O/c1-12(2)9-10-15(5)19-16(20)11-18-17-13(3)7-6-8-14(17)4/h6-8,12,15,18H,9-11H2,1-5H3,(H,19,20). The van der Waals surface area contributed by atoms with E-state index in [1.807, 2.05) is 6.07 Å². The molecule has 2 N–H and O–H groups in total. The minimum Gasteiger partial charge on any atom is -0.376 e. The van der Waals surface area contributed by atoms with Crippen LogP contribution in [0.2, 0.25) is 0 Å². The Bertz CT molecular complexity index is 420. The molecule has 112 valence electrons. The van der Waals surface area contributed by atoms with E-state index in [0.717, 1.165) is 18.5 Å². The van der Waals surface area contributed by atoms with Gasteiger partial charge in [-0.3, -0.25) is 4.79 Å². The lowest BCUT2D eigenvalue weighted by Crippen LogP contribution is -2.36. The maximum absolute atomic E-state index is 11.9. The Morgan fingerprint density at radius 3 is 2.25 bits per heavy atom. The van der Waals surface area contributed by atoms with Crippen LogP contribution in [-0.4, -0.2) is 18.5 Å². The highest BCUT2D eigenvalue weighted by Gasteiger charge is 2.09. The van der Waals surface area contributed by atoms with Crippen LogP contribution in [0.1, 0.15) is 44.7 Å². The quantitative estimate of drug-likeness (QED) is 0.798. The van der Waals surface area contributed by atoms with E-state index in [4.69, 9.17) is 0 Å². The Morgan fingerprint density at radius 1 is 1.10 bits per heavy atom. The van der Waals surface area contributed by atoms with E-state index in [2.05, 4.69) is 57.4 Å². The molecule has 0 saturated carbocycles. The third-order valence-corrected chi connectivity index (χ3v) is 3.49. The number of carbonyl (C=O) groups excluding carboxylic acids is 1. The second-order valence-electron chi connectivity index (χ2n) is 6.06. The van der Waals surface area contributed by atoms with Crippen molar-refractivity contribution in [3.63, 3.8) is 0 Å². The summed E-state index contributed by atoms with van der Waals surface area (Å²) in [5.41, 5.74) is 3.41. The fraction of sp³-hybridized carbons (Fsp3) is 0.588. The number of rotatable bonds is 7. The summed E-state index contributed by atoms with van der Waals surface area (Å²) in [7, 11) is 0. The molecule has 0 aliphatic rings. The highest BCUT2D eigenvalue weighted by Crippen LogP contribution is 2.18. The maximum Gasteiger partial charge on any atom is 0.239 e. The van der Waals surface area contributed by atoms with Crippen molar-refractivity contribution < 1.29 is 4.79 Å². The Kier molecular flexibility index (Phi) is 6.56. The minimum absolute atomic E-state index is 0.0592. The summed E-state index contributed by atoms with van der Waals surface area (Å²) >= 11 is 0. The summed E-state index contributed by atoms with van der Waals surface area (Å²) in [5, 5.41) is 6.28. The van der Waals surface area contributed by atoms with Gasteiger partial charge < -0.3 is 10.6 Å². The number of amides is 1. The van der Waals surface area contributed by atoms with Gasteiger partial charge in [-0.05, 0) is 50.7 Å². The molecule has 3 heteroatoms. The summed E-state index contributed by atoms with van der Waals surface area (Å²) in [5.74, 6) is 0.742. The van der Waals surface area contributed by atoms with Crippen LogP contribution in [0, 0.1) is 19.8 Å². The fourth-order valence-corrected chi connectivity index (χ4v) is 2.24. The Morgan fingerprint density at radius 2 is 1.70 bits per heavy atom. The smallest absolute Gasteiger partial charge is 0.239 e. The number of carbonyl (C=O) groups is 1. The van der Waals surface area contributed by atoms with Crippen molar-refractivity contribution in [1.82, 2.24) is 5.32 Å². The van der Waals surface area contributed by atoms with E-state index >= 15 is 0 Å². The molecular weight excluding hydrogens is 248 g/mol. The summed E-state index contributed by atoms with van der Waals surface area (Å²) in [6.07, 6.45) is 2.18. The Balaban J connectivity index is 2.40. The molecule has 0 spiro atoms. The van der Waals surface area contributed by atoms with E-state index in [1.54, 1.807) is 0 Å². The Hall–Kier alpha value is -1.51. The van der Waals surface area contributed by atoms with Crippen LogP contribution in [0.3, 0.4) is 0 Å². The first kappa shape index (κ1) is 16.5. The predicted octanol–water partition coefficient (Wildman–Crippen LogP) is 3.66. The van der Waals surface area contributed by atoms with Gasteiger partial charge in [0.2, 0.25) is 5.91 Å². The van der Waals surface area contributed by atoms with Crippen molar-refractivity contribution in [2.24, 2.45) is 5.92 Å². The highest BCUT2D eigenvalue weighted by molar-refractivity contribution is 5.81. The monoisotopic (exact) mass is 276 g/mol. The highest BCUT2D eigenvalue weighted by atomic mass is 16.1. The van der Waals surface area contributed by atoms with Gasteiger partial charge in [-0.2, -0.15) is 0 Å². The van der Waals surface area contributed by atoms with Gasteiger partial charge >= 0.3 is 0 Å². The first-order valence-corrected chi connectivity index (χ1v) is 7.49. The Labute approximate surface area is 123 Å². The van der Waals surface area contributed by atoms with E-state index in [1.165, 1.54) is 11.1 Å². The average molecular weight is 276 g/mol. The number of para-hydroxylation sites is 1. The number of benzene rings is 1. The second kappa shape index (κ2) is 7.93. The summed E-state index contributed by atoms with van der Waals surface area (Å²) in [6.45, 7) is 10.9. The van der Waals surface area contributed by atoms with Gasteiger partial charge in [0.25, 0.3) is 0 Å². The number of hydrogen-bond donors (Lipinski definition) is 2. The molecule has 0 aliphatic heterocycles. The zero-order chi connectivity index (χ0) is 15.1. The van der Waals surface area contributed by atoms with Gasteiger partial charge in [-0.15, -0.1) is 0 Å². The molecule has 0 bridgehead atoms. The van der Waals surface area contributed by atoms with Crippen molar-refractivity contribution in [3.05, 3.63) is 29.3 Å². The van der Waals surface area contributed by atoms with E-state index in [0.29, 0.717) is 12.5 Å². The lowest BCUT2D eigenvalue weighted by molar-refractivity contribution is -0.120. The third-order valence-electron chi connectivity index (χ3n) is 3.49. The zero-order valence-corrected chi connectivity index (χ0v) is 13.4. The van der Waals surface area contributed by atoms with E-state index < -0.39 is 0 Å². The van der Waals surface area contributed by atoms with Gasteiger partial charge in [0.15, 0.2) is 0 Å². The van der Waals surface area contributed by atoms with Crippen LogP contribution in [0.15, 0.2) is 18.2 Å². The van der Waals surface area contributed by atoms with Crippen molar-refractivity contribution in [2.45, 2.75) is 53.5 Å². The van der Waals surface area contributed by atoms with Crippen LogP contribution >= 0.6 is 0 Å². The maximum atomic E-state index is 11.9. The summed E-state index contributed by atoms with van der Waals surface area (Å²) in [4.78, 5) is 11.9. The lowest BCUT2D eigenvalue weighted by atomic mass is 10.0. The van der Waals surface area contributed by atoms with Gasteiger partial charge in [0, 0.05) is 11.7 Å². The molecule has 3 nitrogen and oxygen atoms in total. The van der Waals surface area contributed by atoms with Gasteiger partial charge in [0.1, 0.15) is 0 Å². The van der Waals surface area contributed by atoms with Crippen molar-refractivity contribution >= 4 is 11.6 Å². The zero-order valence-electron chi connectivity index (χ0n) is 13.4. The van der Waals surface area contributed by atoms with Crippen molar-refractivity contribution in [2.75, 3.05) is 11.9 Å². The molecule has 1 unspecified atom stereocenters. The molecule has 0 aromatic heterocycles. The molecular formula is C17H28N2O. The van der Waals surface area contributed by atoms with Crippen LogP contribution in [-0.2, 0) is 4.79 Å². The van der Waals surface area contributed by atoms with Crippen molar-refractivity contribution in [3.8, 4) is 0 Å². The molecule has 1 atom stereocenters. The first-order valence-electron chi connectivity index (χ1n) is 7.49. The second-order valence-corrected chi connectivity index (χ2v) is 6.06.